The number of nitrogens with one attached hydrogen (secondary N) is 1. The first kappa shape index (κ1) is 16.9. The zero-order valence-corrected chi connectivity index (χ0v) is 13.7. The van der Waals surface area contributed by atoms with Gasteiger partial charge in [0.25, 0.3) is 0 Å². The monoisotopic (exact) mass is 343 g/mol. The maximum atomic E-state index is 14.8. The Morgan fingerprint density at radius 2 is 2.24 bits per heavy atom. The molecule has 0 aliphatic heterocycles. The van der Waals surface area contributed by atoms with Gasteiger partial charge in [0.2, 0.25) is 0 Å². The average molecular weight is 343 g/mol. The summed E-state index contributed by atoms with van der Waals surface area (Å²) in [6, 6.07) is 6.59. The predicted octanol–water partition coefficient (Wildman–Crippen LogP) is 2.37. The van der Waals surface area contributed by atoms with Crippen molar-refractivity contribution in [3.63, 3.8) is 0 Å². The van der Waals surface area contributed by atoms with E-state index in [0.717, 1.165) is 15.8 Å². The van der Waals surface area contributed by atoms with Crippen molar-refractivity contribution < 1.29 is 23.2 Å². The third-order valence-corrected chi connectivity index (χ3v) is 3.63. The van der Waals surface area contributed by atoms with Crippen molar-refractivity contribution in [3.8, 4) is 0 Å². The Labute approximate surface area is 142 Å². The minimum atomic E-state index is -1.94. The van der Waals surface area contributed by atoms with Crippen molar-refractivity contribution in [1.29, 1.82) is 0 Å². The zero-order chi connectivity index (χ0) is 18.0. The topological polar surface area (TPSA) is 88.4 Å². The van der Waals surface area contributed by atoms with Gasteiger partial charge in [-0.1, -0.05) is 0 Å². The SMILES string of the molecule is CC(=O)OCN(C(=O)C(F)c1ccc2[nH]ccc2c1)c1bc(C)no1. The summed E-state index contributed by atoms with van der Waals surface area (Å²) in [6.45, 7) is 3.86. The second-order valence-corrected chi connectivity index (χ2v) is 5.52. The number of anilines is 1. The Balaban J connectivity index is 1.88. The molecule has 1 unspecified atom stereocenters. The van der Waals surface area contributed by atoms with Crippen LogP contribution in [-0.4, -0.2) is 35.7 Å². The van der Waals surface area contributed by atoms with E-state index in [4.69, 9.17) is 9.26 Å². The Bertz CT molecular complexity index is 923. The van der Waals surface area contributed by atoms with Crippen molar-refractivity contribution in [2.45, 2.75) is 20.0 Å². The van der Waals surface area contributed by atoms with E-state index in [9.17, 15) is 14.0 Å². The Hall–Kier alpha value is -2.97. The van der Waals surface area contributed by atoms with Crippen LogP contribution in [0.15, 0.2) is 35.0 Å². The van der Waals surface area contributed by atoms with E-state index >= 15 is 0 Å². The fourth-order valence-electron chi connectivity index (χ4n) is 2.38. The Morgan fingerprint density at radius 3 is 2.92 bits per heavy atom. The van der Waals surface area contributed by atoms with E-state index < -0.39 is 24.8 Å². The van der Waals surface area contributed by atoms with Gasteiger partial charge in [0.05, 0.1) is 0 Å². The Kier molecular flexibility index (Phi) is 4.64. The molecule has 3 aromatic rings. The second-order valence-electron chi connectivity index (χ2n) is 5.52. The molecule has 1 atom stereocenters. The minimum absolute atomic E-state index is 0.00845. The molecular weight excluding hydrogens is 328 g/mol. The summed E-state index contributed by atoms with van der Waals surface area (Å²) < 4.78 is 24.7. The number of fused-ring (bicyclic) bond motifs is 1. The van der Waals surface area contributed by atoms with Gasteiger partial charge in [0.1, 0.15) is 0 Å². The molecule has 0 saturated carbocycles. The van der Waals surface area contributed by atoms with Gasteiger partial charge in [0, 0.05) is 0 Å². The first-order valence-electron chi connectivity index (χ1n) is 7.55. The average Bonchev–Trinajstić information content (AvgIpc) is 3.22. The van der Waals surface area contributed by atoms with E-state index in [1.807, 2.05) is 0 Å². The van der Waals surface area contributed by atoms with Crippen LogP contribution in [0.1, 0.15) is 24.2 Å². The number of aromatic amines is 1. The van der Waals surface area contributed by atoms with Crippen molar-refractivity contribution >= 4 is 35.5 Å². The van der Waals surface area contributed by atoms with Crippen LogP contribution in [0.5, 0.6) is 0 Å². The van der Waals surface area contributed by atoms with Crippen molar-refractivity contribution in [3.05, 3.63) is 41.6 Å². The van der Waals surface area contributed by atoms with E-state index in [0.29, 0.717) is 5.59 Å². The first-order chi connectivity index (χ1) is 12.0. The van der Waals surface area contributed by atoms with Gasteiger partial charge in [-0.2, -0.15) is 0 Å². The molecule has 1 aromatic carbocycles. The fourth-order valence-corrected chi connectivity index (χ4v) is 2.38. The van der Waals surface area contributed by atoms with Crippen molar-refractivity contribution in [1.82, 2.24) is 10.1 Å². The van der Waals surface area contributed by atoms with E-state index in [-0.39, 0.29) is 11.3 Å². The van der Waals surface area contributed by atoms with Crippen LogP contribution < -0.4 is 4.90 Å². The van der Waals surface area contributed by atoms with Gasteiger partial charge in [0.15, 0.2) is 0 Å². The third-order valence-electron chi connectivity index (χ3n) is 3.63. The molecule has 0 spiro atoms. The molecule has 7 nitrogen and oxygen atoms in total. The van der Waals surface area contributed by atoms with Crippen LogP contribution in [0.2, 0.25) is 0 Å². The molecule has 0 fully saturated rings. The van der Waals surface area contributed by atoms with E-state index in [1.54, 1.807) is 31.3 Å². The summed E-state index contributed by atoms with van der Waals surface area (Å²) in [5.74, 6) is -1.50. The number of aromatic nitrogens is 2. The number of hydrogen-bond acceptors (Lipinski definition) is 5. The number of H-pyrrole nitrogens is 1. The predicted molar refractivity (Wildman–Crippen MR) is 88.9 cm³/mol. The molecule has 128 valence electrons. The normalized spacial score (nSPS) is 12.0. The quantitative estimate of drug-likeness (QED) is 0.568. The van der Waals surface area contributed by atoms with Gasteiger partial charge in [-0.3, -0.25) is 0 Å². The van der Waals surface area contributed by atoms with Crippen molar-refractivity contribution in [2.24, 2.45) is 0 Å². The number of ether oxygens (including phenoxy) is 1. The van der Waals surface area contributed by atoms with E-state index in [1.165, 1.54) is 19.9 Å². The molecule has 9 heteroatoms. The molecule has 1 N–H and O–H groups in total. The third kappa shape index (κ3) is 3.60. The number of carbonyl (C=O) groups is 2. The number of nitrogens with zero attached hydrogens (tertiary/aromatic N) is 2. The fraction of sp³-hybridized carbons (Fsp3) is 0.250. The molecule has 0 aliphatic rings. The molecule has 2 heterocycles. The number of hydrogen-bond donors (Lipinski definition) is 1. The van der Waals surface area contributed by atoms with Crippen LogP contribution in [-0.2, 0) is 14.3 Å². The van der Waals surface area contributed by atoms with Gasteiger partial charge < -0.3 is 0 Å². The second kappa shape index (κ2) is 6.88. The number of esters is 1. The molecule has 0 saturated heterocycles. The van der Waals surface area contributed by atoms with Crippen LogP contribution in [0.25, 0.3) is 10.9 Å². The number of benzene rings is 1. The number of aryl methyl sites for hydroxylation is 1. The molecule has 25 heavy (non-hydrogen) atoms. The van der Waals surface area contributed by atoms with Crippen LogP contribution in [0.4, 0.5) is 10.2 Å². The van der Waals surface area contributed by atoms with Crippen LogP contribution in [0, 0.1) is 6.92 Å². The standard InChI is InChI=1S/C16H15BFN3O4/c1-9-17-16(25-20-9)21(8-24-10(2)22)15(23)14(18)12-3-4-13-11(7-12)5-6-19-13/h3-7,14,19H,8H2,1-2H3. The molecule has 2 aromatic heterocycles. The number of rotatable bonds is 5. The molecule has 0 bridgehead atoms. The molecular formula is C16H15BFN3O4. The maximum absolute atomic E-state index is 14.8. The molecule has 0 radical (unpaired) electrons. The summed E-state index contributed by atoms with van der Waals surface area (Å²) in [6.07, 6.45) is -0.214. The van der Waals surface area contributed by atoms with E-state index in [2.05, 4.69) is 10.1 Å². The summed E-state index contributed by atoms with van der Waals surface area (Å²) in [5, 5.41) is 4.46. The molecule has 1 amide bonds. The van der Waals surface area contributed by atoms with Gasteiger partial charge in [-0.25, -0.2) is 0 Å². The van der Waals surface area contributed by atoms with Gasteiger partial charge in [-0.15, -0.1) is 0 Å². The number of carbonyl (C=O) groups excluding carboxylic acids is 2. The van der Waals surface area contributed by atoms with Crippen LogP contribution >= 0.6 is 0 Å². The molecule has 0 aliphatic carbocycles. The number of halogens is 1. The number of amides is 1. The summed E-state index contributed by atoms with van der Waals surface area (Å²) in [7, 11) is 0. The van der Waals surface area contributed by atoms with Crippen molar-refractivity contribution in [2.75, 3.05) is 11.6 Å². The van der Waals surface area contributed by atoms with Crippen LogP contribution in [0.3, 0.4) is 0 Å². The molecule has 3 rings (SSSR count). The first-order valence-corrected chi connectivity index (χ1v) is 7.55. The zero-order valence-electron chi connectivity index (χ0n) is 13.7. The summed E-state index contributed by atoms with van der Waals surface area (Å²) >= 11 is 0. The Morgan fingerprint density at radius 1 is 1.44 bits per heavy atom. The summed E-state index contributed by atoms with van der Waals surface area (Å²) in [5.41, 5.74) is 1.55. The summed E-state index contributed by atoms with van der Waals surface area (Å²) in [4.78, 5) is 27.6. The van der Waals surface area contributed by atoms with Gasteiger partial charge >= 0.3 is 142 Å². The van der Waals surface area contributed by atoms with Gasteiger partial charge in [-0.05, 0) is 0 Å². The number of alkyl halides is 1.